The summed E-state index contributed by atoms with van der Waals surface area (Å²) in [6.07, 6.45) is 0. The molecule has 0 spiro atoms. The highest BCUT2D eigenvalue weighted by molar-refractivity contribution is 7.13. The summed E-state index contributed by atoms with van der Waals surface area (Å²) in [5.41, 5.74) is 2.08. The highest BCUT2D eigenvalue weighted by Crippen LogP contribution is 2.25. The normalized spacial score (nSPS) is 10.5. The minimum atomic E-state index is -0.271. The van der Waals surface area contributed by atoms with Crippen molar-refractivity contribution in [2.24, 2.45) is 0 Å². The third-order valence-electron chi connectivity index (χ3n) is 3.37. The van der Waals surface area contributed by atoms with Crippen molar-refractivity contribution in [3.05, 3.63) is 74.7 Å². The van der Waals surface area contributed by atoms with Crippen LogP contribution in [0, 0.1) is 6.92 Å². The van der Waals surface area contributed by atoms with Crippen molar-refractivity contribution in [3.63, 3.8) is 0 Å². The molecule has 0 atom stereocenters. The van der Waals surface area contributed by atoms with Crippen LogP contribution < -0.4 is 10.1 Å². The highest BCUT2D eigenvalue weighted by atomic mass is 35.5. The number of hydrogen-bond donors (Lipinski definition) is 1. The molecule has 0 radical (unpaired) electrons. The van der Waals surface area contributed by atoms with Gasteiger partial charge < -0.3 is 4.74 Å². The molecule has 1 aromatic heterocycles. The van der Waals surface area contributed by atoms with Crippen LogP contribution in [-0.2, 0) is 6.61 Å². The summed E-state index contributed by atoms with van der Waals surface area (Å²) < 4.78 is 5.80. The van der Waals surface area contributed by atoms with Crippen LogP contribution in [0.1, 0.15) is 21.6 Å². The molecule has 1 heterocycles. The number of para-hydroxylation sites is 1. The Morgan fingerprint density at radius 3 is 2.76 bits per heavy atom. The molecule has 0 saturated heterocycles. The van der Waals surface area contributed by atoms with Gasteiger partial charge in [0.15, 0.2) is 5.13 Å². The number of carbonyl (C=O) groups excluding carboxylic acids is 1. The fourth-order valence-corrected chi connectivity index (χ4v) is 3.30. The summed E-state index contributed by atoms with van der Waals surface area (Å²) in [6, 6.07) is 12.2. The maximum atomic E-state index is 12.5. The van der Waals surface area contributed by atoms with Gasteiger partial charge in [-0.1, -0.05) is 41.4 Å². The summed E-state index contributed by atoms with van der Waals surface area (Å²) in [6.45, 7) is 2.11. The molecule has 128 valence electrons. The van der Waals surface area contributed by atoms with Gasteiger partial charge in [0, 0.05) is 21.0 Å². The SMILES string of the molecule is Cc1csc(NC(=O)c2ccccc2OCc2ccc(Cl)cc2Cl)n1. The Morgan fingerprint density at radius 1 is 1.24 bits per heavy atom. The van der Waals surface area contributed by atoms with Crippen molar-refractivity contribution in [3.8, 4) is 5.75 Å². The Hall–Kier alpha value is -2.08. The summed E-state index contributed by atoms with van der Waals surface area (Å²) in [4.78, 5) is 16.7. The summed E-state index contributed by atoms with van der Waals surface area (Å²) in [5, 5.41) is 6.29. The van der Waals surface area contributed by atoms with Crippen molar-refractivity contribution >= 4 is 45.6 Å². The van der Waals surface area contributed by atoms with Crippen LogP contribution in [0.4, 0.5) is 5.13 Å². The number of anilines is 1. The number of halogens is 2. The molecule has 4 nitrogen and oxygen atoms in total. The topological polar surface area (TPSA) is 51.2 Å². The van der Waals surface area contributed by atoms with Gasteiger partial charge in [-0.25, -0.2) is 4.98 Å². The first-order chi connectivity index (χ1) is 12.0. The van der Waals surface area contributed by atoms with Crippen LogP contribution in [0.25, 0.3) is 0 Å². The van der Waals surface area contributed by atoms with Gasteiger partial charge in [-0.05, 0) is 31.2 Å². The van der Waals surface area contributed by atoms with E-state index in [2.05, 4.69) is 10.3 Å². The Bertz CT molecular complexity index is 912. The largest absolute Gasteiger partial charge is 0.488 e. The zero-order chi connectivity index (χ0) is 17.8. The predicted octanol–water partition coefficient (Wildman–Crippen LogP) is 5.59. The molecule has 2 aromatic carbocycles. The van der Waals surface area contributed by atoms with Gasteiger partial charge in [0.25, 0.3) is 5.91 Å². The molecule has 0 aliphatic carbocycles. The van der Waals surface area contributed by atoms with E-state index in [0.717, 1.165) is 11.3 Å². The van der Waals surface area contributed by atoms with Gasteiger partial charge in [0.1, 0.15) is 12.4 Å². The first-order valence-corrected chi connectivity index (χ1v) is 9.06. The van der Waals surface area contributed by atoms with Gasteiger partial charge in [0.2, 0.25) is 0 Å². The van der Waals surface area contributed by atoms with Crippen LogP contribution >= 0.6 is 34.5 Å². The molecule has 0 saturated carbocycles. The Balaban J connectivity index is 1.75. The van der Waals surface area contributed by atoms with Gasteiger partial charge in [-0.15, -0.1) is 11.3 Å². The number of rotatable bonds is 5. The molecule has 1 N–H and O–H groups in total. The number of hydrogen-bond acceptors (Lipinski definition) is 4. The van der Waals surface area contributed by atoms with Gasteiger partial charge in [-0.2, -0.15) is 0 Å². The van der Waals surface area contributed by atoms with E-state index < -0.39 is 0 Å². The molecule has 1 amide bonds. The summed E-state index contributed by atoms with van der Waals surface area (Å²) >= 11 is 13.4. The van der Waals surface area contributed by atoms with Crippen molar-refractivity contribution < 1.29 is 9.53 Å². The average molecular weight is 393 g/mol. The van der Waals surface area contributed by atoms with E-state index in [4.69, 9.17) is 27.9 Å². The second-order valence-electron chi connectivity index (χ2n) is 5.27. The van der Waals surface area contributed by atoms with Crippen LogP contribution in [0.15, 0.2) is 47.8 Å². The number of ether oxygens (including phenoxy) is 1. The lowest BCUT2D eigenvalue weighted by Gasteiger charge is -2.12. The van der Waals surface area contributed by atoms with E-state index in [1.165, 1.54) is 11.3 Å². The zero-order valence-corrected chi connectivity index (χ0v) is 15.6. The number of nitrogens with zero attached hydrogens (tertiary/aromatic N) is 1. The number of benzene rings is 2. The lowest BCUT2D eigenvalue weighted by atomic mass is 10.2. The molecular weight excluding hydrogens is 379 g/mol. The lowest BCUT2D eigenvalue weighted by molar-refractivity contribution is 0.102. The molecule has 0 aliphatic rings. The van der Waals surface area contributed by atoms with E-state index in [0.29, 0.717) is 26.5 Å². The van der Waals surface area contributed by atoms with E-state index in [9.17, 15) is 4.79 Å². The summed E-state index contributed by atoms with van der Waals surface area (Å²) in [5.74, 6) is 0.200. The van der Waals surface area contributed by atoms with Crippen molar-refractivity contribution in [1.29, 1.82) is 0 Å². The maximum Gasteiger partial charge on any atom is 0.261 e. The number of amides is 1. The Morgan fingerprint density at radius 2 is 2.04 bits per heavy atom. The number of aryl methyl sites for hydroxylation is 1. The number of nitrogens with one attached hydrogen (secondary N) is 1. The maximum absolute atomic E-state index is 12.5. The fourth-order valence-electron chi connectivity index (χ4n) is 2.15. The quantitative estimate of drug-likeness (QED) is 0.615. The second kappa shape index (κ2) is 7.87. The minimum absolute atomic E-state index is 0.233. The molecule has 0 bridgehead atoms. The molecule has 3 aromatic rings. The van der Waals surface area contributed by atoms with Crippen molar-refractivity contribution in [2.75, 3.05) is 5.32 Å². The number of thiazole rings is 1. The fraction of sp³-hybridized carbons (Fsp3) is 0.111. The van der Waals surface area contributed by atoms with Crippen molar-refractivity contribution in [1.82, 2.24) is 4.98 Å². The molecule has 0 aliphatic heterocycles. The predicted molar refractivity (Wildman–Crippen MR) is 102 cm³/mol. The van der Waals surface area contributed by atoms with Gasteiger partial charge in [0.05, 0.1) is 11.3 Å². The number of carbonyl (C=O) groups is 1. The van der Waals surface area contributed by atoms with Gasteiger partial charge in [-0.3, -0.25) is 10.1 Å². The molecule has 3 rings (SSSR count). The van der Waals surface area contributed by atoms with Crippen molar-refractivity contribution in [2.45, 2.75) is 13.5 Å². The Kier molecular flexibility index (Phi) is 5.58. The minimum Gasteiger partial charge on any atom is -0.488 e. The van der Waals surface area contributed by atoms with Crippen LogP contribution in [0.3, 0.4) is 0 Å². The molecule has 0 fully saturated rings. The standard InChI is InChI=1S/C18H14Cl2N2O2S/c1-11-10-25-18(21-11)22-17(23)14-4-2-3-5-16(14)24-9-12-6-7-13(19)8-15(12)20/h2-8,10H,9H2,1H3,(H,21,22,23). The Labute approximate surface area is 159 Å². The molecule has 25 heavy (non-hydrogen) atoms. The first-order valence-electron chi connectivity index (χ1n) is 7.42. The van der Waals surface area contributed by atoms with E-state index >= 15 is 0 Å². The second-order valence-corrected chi connectivity index (χ2v) is 6.97. The zero-order valence-electron chi connectivity index (χ0n) is 13.3. The summed E-state index contributed by atoms with van der Waals surface area (Å²) in [7, 11) is 0. The first kappa shape index (κ1) is 17.7. The van der Waals surface area contributed by atoms with E-state index in [1.54, 1.807) is 36.4 Å². The monoisotopic (exact) mass is 392 g/mol. The smallest absolute Gasteiger partial charge is 0.261 e. The lowest BCUT2D eigenvalue weighted by Crippen LogP contribution is -2.13. The average Bonchev–Trinajstić information content (AvgIpc) is 2.99. The van der Waals surface area contributed by atoms with Gasteiger partial charge >= 0.3 is 0 Å². The highest BCUT2D eigenvalue weighted by Gasteiger charge is 2.14. The molecule has 7 heteroatoms. The van der Waals surface area contributed by atoms with Crippen LogP contribution in [0.2, 0.25) is 10.0 Å². The van der Waals surface area contributed by atoms with Crippen LogP contribution in [0.5, 0.6) is 5.75 Å². The third kappa shape index (κ3) is 4.51. The molecule has 0 unspecified atom stereocenters. The van der Waals surface area contributed by atoms with E-state index in [1.807, 2.05) is 18.4 Å². The third-order valence-corrected chi connectivity index (χ3v) is 4.83. The number of aromatic nitrogens is 1. The van der Waals surface area contributed by atoms with Crippen LogP contribution in [-0.4, -0.2) is 10.9 Å². The van der Waals surface area contributed by atoms with E-state index in [-0.39, 0.29) is 12.5 Å². The molecular formula is C18H14Cl2N2O2S.